The topological polar surface area (TPSA) is 93.8 Å². The lowest BCUT2D eigenvalue weighted by Crippen LogP contribution is -2.10. The lowest BCUT2D eigenvalue weighted by Gasteiger charge is -2.05. The molecule has 128 valence electrons. The highest BCUT2D eigenvalue weighted by molar-refractivity contribution is 5.89. The van der Waals surface area contributed by atoms with Crippen molar-refractivity contribution in [2.24, 2.45) is 0 Å². The van der Waals surface area contributed by atoms with Crippen LogP contribution in [0.3, 0.4) is 0 Å². The van der Waals surface area contributed by atoms with Gasteiger partial charge >= 0.3 is 11.9 Å². The molecule has 2 heterocycles. The first-order valence-electron chi connectivity index (χ1n) is 7.94. The maximum Gasteiger partial charge on any atom is 0.357 e. The van der Waals surface area contributed by atoms with E-state index in [0.717, 1.165) is 11.3 Å². The highest BCUT2D eigenvalue weighted by Crippen LogP contribution is 2.21. The lowest BCUT2D eigenvalue weighted by atomic mass is 10.1. The largest absolute Gasteiger partial charge is 0.478 e. The molecule has 0 aliphatic heterocycles. The molecular formula is C18H17N3O4. The number of benzene rings is 1. The van der Waals surface area contributed by atoms with Gasteiger partial charge in [0.05, 0.1) is 17.9 Å². The van der Waals surface area contributed by atoms with Gasteiger partial charge in [0.15, 0.2) is 11.3 Å². The van der Waals surface area contributed by atoms with E-state index in [4.69, 9.17) is 9.84 Å². The molecule has 0 spiro atoms. The van der Waals surface area contributed by atoms with Crippen molar-refractivity contribution in [2.45, 2.75) is 20.3 Å². The Hall–Kier alpha value is -3.22. The van der Waals surface area contributed by atoms with E-state index >= 15 is 0 Å². The number of hydrogen-bond acceptors (Lipinski definition) is 5. The third kappa shape index (κ3) is 3.21. The van der Waals surface area contributed by atoms with Crippen LogP contribution in [-0.2, 0) is 11.2 Å². The number of carboxylic acid groups (broad SMARTS) is 1. The Balaban J connectivity index is 2.06. The van der Waals surface area contributed by atoms with Crippen LogP contribution in [0.4, 0.5) is 0 Å². The van der Waals surface area contributed by atoms with Gasteiger partial charge in [-0.1, -0.05) is 19.1 Å². The van der Waals surface area contributed by atoms with Gasteiger partial charge in [0.1, 0.15) is 0 Å². The fraction of sp³-hybridized carbons (Fsp3) is 0.222. The molecule has 0 amide bonds. The third-order valence-corrected chi connectivity index (χ3v) is 3.78. The van der Waals surface area contributed by atoms with Gasteiger partial charge in [-0.3, -0.25) is 0 Å². The summed E-state index contributed by atoms with van der Waals surface area (Å²) in [5.41, 5.74) is 3.26. The van der Waals surface area contributed by atoms with E-state index in [2.05, 4.69) is 10.1 Å². The van der Waals surface area contributed by atoms with Crippen molar-refractivity contribution < 1.29 is 19.4 Å². The fourth-order valence-corrected chi connectivity index (χ4v) is 2.52. The van der Waals surface area contributed by atoms with Crippen LogP contribution in [0.15, 0.2) is 36.4 Å². The van der Waals surface area contributed by atoms with Crippen molar-refractivity contribution in [3.05, 3.63) is 53.3 Å². The molecule has 1 aromatic carbocycles. The van der Waals surface area contributed by atoms with E-state index in [0.29, 0.717) is 17.8 Å². The molecule has 0 unspecified atom stereocenters. The van der Waals surface area contributed by atoms with Crippen LogP contribution in [0.1, 0.15) is 40.4 Å². The quantitative estimate of drug-likeness (QED) is 0.718. The maximum absolute atomic E-state index is 12.0. The number of aryl methyl sites for hydroxylation is 1. The molecule has 0 radical (unpaired) electrons. The highest BCUT2D eigenvalue weighted by atomic mass is 16.5. The molecule has 0 saturated carbocycles. The Bertz CT molecular complexity index is 945. The number of hydrogen-bond donors (Lipinski definition) is 1. The summed E-state index contributed by atoms with van der Waals surface area (Å²) in [4.78, 5) is 27.2. The average molecular weight is 339 g/mol. The molecule has 0 saturated heterocycles. The van der Waals surface area contributed by atoms with Gasteiger partial charge in [0, 0.05) is 17.3 Å². The molecule has 0 bridgehead atoms. The van der Waals surface area contributed by atoms with Crippen molar-refractivity contribution >= 4 is 17.6 Å². The first-order chi connectivity index (χ1) is 12.0. The summed E-state index contributed by atoms with van der Waals surface area (Å²) in [6.07, 6.45) is 0.671. The normalized spacial score (nSPS) is 10.8. The lowest BCUT2D eigenvalue weighted by molar-refractivity contribution is 0.0519. The summed E-state index contributed by atoms with van der Waals surface area (Å²) in [5.74, 6) is -1.44. The molecule has 1 N–H and O–H groups in total. The third-order valence-electron chi connectivity index (χ3n) is 3.78. The molecule has 0 atom stereocenters. The first kappa shape index (κ1) is 16.6. The second-order valence-corrected chi connectivity index (χ2v) is 5.39. The standard InChI is InChI=1S/C18H17N3O4/c1-3-13-9-15(18(24)25-4-2)19-16-10-14(20-21(13)16)11-5-7-12(8-6-11)17(22)23/h5-10H,3-4H2,1-2H3,(H,22,23). The summed E-state index contributed by atoms with van der Waals surface area (Å²) < 4.78 is 6.70. The summed E-state index contributed by atoms with van der Waals surface area (Å²) in [5, 5.41) is 13.5. The molecule has 7 heteroatoms. The van der Waals surface area contributed by atoms with Gasteiger partial charge in [0.25, 0.3) is 0 Å². The minimum atomic E-state index is -0.976. The minimum Gasteiger partial charge on any atom is -0.478 e. The van der Waals surface area contributed by atoms with Gasteiger partial charge < -0.3 is 9.84 Å². The Morgan fingerprint density at radius 2 is 1.88 bits per heavy atom. The molecule has 0 fully saturated rings. The first-order valence-corrected chi connectivity index (χ1v) is 7.94. The van der Waals surface area contributed by atoms with Gasteiger partial charge in [0.2, 0.25) is 0 Å². The molecule has 3 aromatic rings. The van der Waals surface area contributed by atoms with Crippen LogP contribution in [0.2, 0.25) is 0 Å². The Morgan fingerprint density at radius 3 is 2.48 bits per heavy atom. The second kappa shape index (κ2) is 6.72. The zero-order valence-corrected chi connectivity index (χ0v) is 13.9. The monoisotopic (exact) mass is 339 g/mol. The van der Waals surface area contributed by atoms with E-state index in [1.165, 1.54) is 12.1 Å². The van der Waals surface area contributed by atoms with Crippen molar-refractivity contribution in [1.82, 2.24) is 14.6 Å². The number of aromatic carboxylic acids is 1. The summed E-state index contributed by atoms with van der Waals surface area (Å²) >= 11 is 0. The van der Waals surface area contributed by atoms with Crippen LogP contribution in [0.25, 0.3) is 16.9 Å². The number of esters is 1. The van der Waals surface area contributed by atoms with Gasteiger partial charge in [-0.2, -0.15) is 5.10 Å². The Kier molecular flexibility index (Phi) is 4.47. The van der Waals surface area contributed by atoms with Gasteiger partial charge in [-0.05, 0) is 31.5 Å². The SMILES string of the molecule is CCOC(=O)c1cc(CC)n2nc(-c3ccc(C(=O)O)cc3)cc2n1. The number of fused-ring (bicyclic) bond motifs is 1. The average Bonchev–Trinajstić information content (AvgIpc) is 3.05. The molecule has 3 rings (SSSR count). The smallest absolute Gasteiger partial charge is 0.357 e. The molecule has 0 aliphatic carbocycles. The van der Waals surface area contributed by atoms with E-state index < -0.39 is 11.9 Å². The van der Waals surface area contributed by atoms with E-state index in [1.54, 1.807) is 35.7 Å². The minimum absolute atomic E-state index is 0.212. The fourth-order valence-electron chi connectivity index (χ4n) is 2.52. The van der Waals surface area contributed by atoms with Crippen LogP contribution in [0.5, 0.6) is 0 Å². The number of carbonyl (C=O) groups excluding carboxylic acids is 1. The summed E-state index contributed by atoms with van der Waals surface area (Å²) in [6.45, 7) is 4.00. The Labute approximate surface area is 143 Å². The van der Waals surface area contributed by atoms with E-state index in [1.807, 2.05) is 6.92 Å². The number of ether oxygens (including phenoxy) is 1. The number of carboxylic acids is 1. The summed E-state index contributed by atoms with van der Waals surface area (Å²) in [6, 6.07) is 9.89. The van der Waals surface area contributed by atoms with Gasteiger partial charge in [-0.25, -0.2) is 19.1 Å². The summed E-state index contributed by atoms with van der Waals surface area (Å²) in [7, 11) is 0. The van der Waals surface area contributed by atoms with E-state index in [9.17, 15) is 9.59 Å². The molecular weight excluding hydrogens is 322 g/mol. The van der Waals surface area contributed by atoms with Crippen molar-refractivity contribution in [3.8, 4) is 11.3 Å². The molecule has 7 nitrogen and oxygen atoms in total. The number of aromatic nitrogens is 3. The van der Waals surface area contributed by atoms with Crippen LogP contribution < -0.4 is 0 Å². The van der Waals surface area contributed by atoms with Crippen molar-refractivity contribution in [2.75, 3.05) is 6.61 Å². The zero-order valence-electron chi connectivity index (χ0n) is 13.9. The van der Waals surface area contributed by atoms with Crippen molar-refractivity contribution in [1.29, 1.82) is 0 Å². The predicted octanol–water partition coefficient (Wildman–Crippen LogP) is 2.83. The van der Waals surface area contributed by atoms with Crippen LogP contribution in [0, 0.1) is 0 Å². The highest BCUT2D eigenvalue weighted by Gasteiger charge is 2.15. The van der Waals surface area contributed by atoms with E-state index in [-0.39, 0.29) is 17.9 Å². The maximum atomic E-state index is 12.0. The van der Waals surface area contributed by atoms with Crippen LogP contribution in [-0.4, -0.2) is 38.3 Å². The number of carbonyl (C=O) groups is 2. The molecule has 2 aromatic heterocycles. The number of nitrogens with zero attached hydrogens (tertiary/aromatic N) is 3. The van der Waals surface area contributed by atoms with Gasteiger partial charge in [-0.15, -0.1) is 0 Å². The van der Waals surface area contributed by atoms with Crippen LogP contribution >= 0.6 is 0 Å². The predicted molar refractivity (Wildman–Crippen MR) is 90.7 cm³/mol. The zero-order chi connectivity index (χ0) is 18.0. The molecule has 0 aliphatic rings. The number of rotatable bonds is 5. The second-order valence-electron chi connectivity index (χ2n) is 5.39. The molecule has 25 heavy (non-hydrogen) atoms. The van der Waals surface area contributed by atoms with Crippen molar-refractivity contribution in [3.63, 3.8) is 0 Å². The Morgan fingerprint density at radius 1 is 1.16 bits per heavy atom.